The van der Waals surface area contributed by atoms with Crippen molar-refractivity contribution in [3.63, 3.8) is 0 Å². The van der Waals surface area contributed by atoms with E-state index in [2.05, 4.69) is 5.32 Å². The van der Waals surface area contributed by atoms with Crippen LogP contribution in [0.1, 0.15) is 5.56 Å². The molecular weight excluding hydrogens is 392 g/mol. The molecular formula is C18H15ClN2O3S2. The molecule has 0 bridgehead atoms. The Morgan fingerprint density at radius 1 is 1.31 bits per heavy atom. The van der Waals surface area contributed by atoms with Crippen LogP contribution < -0.4 is 10.1 Å². The SMILES string of the molecule is COc1cc(/C=C2/SC(=S)N(CNc3ccc(Cl)cc3)C2=O)ccc1O. The number of thioether (sulfide) groups is 1. The number of benzene rings is 2. The fourth-order valence-corrected chi connectivity index (χ4v) is 3.69. The molecule has 0 aliphatic carbocycles. The Morgan fingerprint density at radius 3 is 2.73 bits per heavy atom. The summed E-state index contributed by atoms with van der Waals surface area (Å²) < 4.78 is 5.57. The van der Waals surface area contributed by atoms with Crippen LogP contribution in [0.4, 0.5) is 5.69 Å². The second-order valence-electron chi connectivity index (χ2n) is 5.38. The minimum Gasteiger partial charge on any atom is -0.504 e. The number of ether oxygens (including phenoxy) is 1. The van der Waals surface area contributed by atoms with Gasteiger partial charge in [-0.05, 0) is 48.0 Å². The minimum atomic E-state index is -0.173. The van der Waals surface area contributed by atoms with Gasteiger partial charge < -0.3 is 15.2 Å². The molecule has 134 valence electrons. The number of aromatic hydroxyl groups is 1. The molecule has 1 fully saturated rings. The summed E-state index contributed by atoms with van der Waals surface area (Å²) >= 11 is 12.4. The van der Waals surface area contributed by atoms with Gasteiger partial charge in [-0.15, -0.1) is 0 Å². The van der Waals surface area contributed by atoms with Gasteiger partial charge >= 0.3 is 0 Å². The molecule has 0 atom stereocenters. The first-order valence-electron chi connectivity index (χ1n) is 7.60. The summed E-state index contributed by atoms with van der Waals surface area (Å²) in [6.07, 6.45) is 1.73. The van der Waals surface area contributed by atoms with Crippen LogP contribution in [0.3, 0.4) is 0 Å². The molecule has 1 amide bonds. The number of amides is 1. The first-order valence-corrected chi connectivity index (χ1v) is 9.20. The third-order valence-electron chi connectivity index (χ3n) is 3.66. The number of hydrogen-bond donors (Lipinski definition) is 2. The molecule has 0 aromatic heterocycles. The van der Waals surface area contributed by atoms with E-state index < -0.39 is 0 Å². The number of thiocarbonyl (C=S) groups is 1. The van der Waals surface area contributed by atoms with Gasteiger partial charge in [0.15, 0.2) is 11.5 Å². The Kier molecular flexibility index (Phi) is 5.70. The van der Waals surface area contributed by atoms with Crippen LogP contribution in [0.5, 0.6) is 11.5 Å². The molecule has 1 saturated heterocycles. The molecule has 0 spiro atoms. The average Bonchev–Trinajstić information content (AvgIpc) is 2.89. The number of nitrogens with one attached hydrogen (secondary N) is 1. The molecule has 2 N–H and O–H groups in total. The second kappa shape index (κ2) is 7.99. The van der Waals surface area contributed by atoms with Gasteiger partial charge in [0.25, 0.3) is 5.91 Å². The number of halogens is 1. The molecule has 26 heavy (non-hydrogen) atoms. The van der Waals surface area contributed by atoms with E-state index in [4.69, 9.17) is 28.6 Å². The van der Waals surface area contributed by atoms with Gasteiger partial charge in [0, 0.05) is 10.7 Å². The van der Waals surface area contributed by atoms with Gasteiger partial charge in [-0.25, -0.2) is 0 Å². The molecule has 2 aromatic rings. The number of nitrogens with zero attached hydrogens (tertiary/aromatic N) is 1. The van der Waals surface area contributed by atoms with Crippen LogP contribution >= 0.6 is 35.6 Å². The van der Waals surface area contributed by atoms with Gasteiger partial charge in [0.2, 0.25) is 0 Å². The lowest BCUT2D eigenvalue weighted by Gasteiger charge is -2.16. The average molecular weight is 407 g/mol. The Balaban J connectivity index is 1.72. The van der Waals surface area contributed by atoms with Crippen molar-refractivity contribution < 1.29 is 14.6 Å². The zero-order valence-corrected chi connectivity index (χ0v) is 16.1. The van der Waals surface area contributed by atoms with E-state index in [0.717, 1.165) is 11.3 Å². The summed E-state index contributed by atoms with van der Waals surface area (Å²) in [5, 5.41) is 13.5. The first kappa shape index (κ1) is 18.6. The quantitative estimate of drug-likeness (QED) is 0.569. The van der Waals surface area contributed by atoms with E-state index in [-0.39, 0.29) is 18.3 Å². The third kappa shape index (κ3) is 4.12. The maximum atomic E-state index is 12.6. The highest BCUT2D eigenvalue weighted by atomic mass is 35.5. The van der Waals surface area contributed by atoms with Gasteiger partial charge in [-0.2, -0.15) is 0 Å². The number of carbonyl (C=O) groups is 1. The zero-order valence-electron chi connectivity index (χ0n) is 13.7. The van der Waals surface area contributed by atoms with E-state index in [1.165, 1.54) is 29.8 Å². The summed E-state index contributed by atoms with van der Waals surface area (Å²) in [6, 6.07) is 12.1. The number of anilines is 1. The third-order valence-corrected chi connectivity index (χ3v) is 5.29. The molecule has 3 rings (SSSR count). The highest BCUT2D eigenvalue weighted by molar-refractivity contribution is 8.26. The van der Waals surface area contributed by atoms with Crippen molar-refractivity contribution in [1.29, 1.82) is 0 Å². The number of methoxy groups -OCH3 is 1. The van der Waals surface area contributed by atoms with Crippen LogP contribution in [0.25, 0.3) is 6.08 Å². The smallest absolute Gasteiger partial charge is 0.267 e. The number of phenolic OH excluding ortho intramolecular Hbond substituents is 1. The van der Waals surface area contributed by atoms with Gasteiger partial charge in [-0.3, -0.25) is 9.69 Å². The molecule has 1 heterocycles. The van der Waals surface area contributed by atoms with Gasteiger partial charge in [0.05, 0.1) is 18.7 Å². The molecule has 1 aliphatic rings. The first-order chi connectivity index (χ1) is 12.5. The Hall–Kier alpha value is -2.22. The molecule has 1 aliphatic heterocycles. The van der Waals surface area contributed by atoms with E-state index >= 15 is 0 Å². The van der Waals surface area contributed by atoms with E-state index in [9.17, 15) is 9.90 Å². The second-order valence-corrected chi connectivity index (χ2v) is 7.50. The predicted molar refractivity (Wildman–Crippen MR) is 110 cm³/mol. The number of hydrogen-bond acceptors (Lipinski definition) is 6. The van der Waals surface area contributed by atoms with Gasteiger partial charge in [0.1, 0.15) is 4.32 Å². The van der Waals surface area contributed by atoms with Crippen molar-refractivity contribution in [1.82, 2.24) is 4.90 Å². The Morgan fingerprint density at radius 2 is 2.04 bits per heavy atom. The standard InChI is InChI=1S/C18H15ClN2O3S2/c1-24-15-8-11(2-7-14(15)22)9-16-17(23)21(18(25)26-16)10-20-13-5-3-12(19)4-6-13/h2-9,20,22H,10H2,1H3/b16-9+. The molecule has 0 saturated carbocycles. The van der Waals surface area contributed by atoms with Crippen molar-refractivity contribution in [2.75, 3.05) is 19.1 Å². The van der Waals surface area contributed by atoms with Crippen LogP contribution in [-0.4, -0.2) is 34.0 Å². The largest absolute Gasteiger partial charge is 0.504 e. The van der Waals surface area contributed by atoms with E-state index in [1.807, 2.05) is 12.1 Å². The fourth-order valence-electron chi connectivity index (χ4n) is 2.31. The van der Waals surface area contributed by atoms with E-state index in [0.29, 0.717) is 20.0 Å². The Bertz CT molecular complexity index is 885. The summed E-state index contributed by atoms with van der Waals surface area (Å²) in [4.78, 5) is 14.6. The van der Waals surface area contributed by atoms with Crippen molar-refractivity contribution >= 4 is 57.6 Å². The number of rotatable bonds is 5. The Labute approximate surface area is 165 Å². The predicted octanol–water partition coefficient (Wildman–Crippen LogP) is 4.33. The normalized spacial score (nSPS) is 15.6. The van der Waals surface area contributed by atoms with Crippen molar-refractivity contribution in [2.45, 2.75) is 0 Å². The van der Waals surface area contributed by atoms with Gasteiger partial charge in [-0.1, -0.05) is 41.6 Å². The molecule has 2 aromatic carbocycles. The number of phenols is 1. The number of carbonyl (C=O) groups excluding carboxylic acids is 1. The summed E-state index contributed by atoms with van der Waals surface area (Å²) in [5.74, 6) is 0.219. The lowest BCUT2D eigenvalue weighted by molar-refractivity contribution is -0.121. The summed E-state index contributed by atoms with van der Waals surface area (Å²) in [7, 11) is 1.47. The van der Waals surface area contributed by atoms with Crippen LogP contribution in [0, 0.1) is 0 Å². The fraction of sp³-hybridized carbons (Fsp3) is 0.111. The van der Waals surface area contributed by atoms with Crippen molar-refractivity contribution in [2.24, 2.45) is 0 Å². The van der Waals surface area contributed by atoms with E-state index in [1.54, 1.807) is 30.3 Å². The monoisotopic (exact) mass is 406 g/mol. The minimum absolute atomic E-state index is 0.0457. The van der Waals surface area contributed by atoms with Crippen molar-refractivity contribution in [3.05, 3.63) is 58.0 Å². The highest BCUT2D eigenvalue weighted by Gasteiger charge is 2.31. The van der Waals surface area contributed by atoms with Crippen LogP contribution in [0.2, 0.25) is 5.02 Å². The summed E-state index contributed by atoms with van der Waals surface area (Å²) in [5.41, 5.74) is 1.58. The lowest BCUT2D eigenvalue weighted by atomic mass is 10.2. The lowest BCUT2D eigenvalue weighted by Crippen LogP contribution is -2.33. The maximum absolute atomic E-state index is 12.6. The topological polar surface area (TPSA) is 61.8 Å². The van der Waals surface area contributed by atoms with Crippen LogP contribution in [0.15, 0.2) is 47.4 Å². The molecule has 0 radical (unpaired) electrons. The molecule has 0 unspecified atom stereocenters. The highest BCUT2D eigenvalue weighted by Crippen LogP contribution is 2.34. The summed E-state index contributed by atoms with van der Waals surface area (Å²) in [6.45, 7) is 0.266. The molecule has 8 heteroatoms. The van der Waals surface area contributed by atoms with Crippen molar-refractivity contribution in [3.8, 4) is 11.5 Å². The maximum Gasteiger partial charge on any atom is 0.267 e. The zero-order chi connectivity index (χ0) is 18.7. The molecule has 5 nitrogen and oxygen atoms in total. The van der Waals surface area contributed by atoms with Crippen LogP contribution in [-0.2, 0) is 4.79 Å².